The van der Waals surface area contributed by atoms with Crippen molar-refractivity contribution in [2.24, 2.45) is 5.92 Å². The fourth-order valence-electron chi connectivity index (χ4n) is 1.54. The quantitative estimate of drug-likeness (QED) is 0.700. The number of hydrogen-bond acceptors (Lipinski definition) is 4. The number of carbonyl (C=O) groups is 1. The molecule has 1 atom stereocenters. The Hall–Kier alpha value is -1.59. The summed E-state index contributed by atoms with van der Waals surface area (Å²) in [5.74, 6) is 0.698. The van der Waals surface area contributed by atoms with Crippen LogP contribution in [0.1, 0.15) is 6.92 Å². The molecule has 0 saturated carbocycles. The highest BCUT2D eigenvalue weighted by molar-refractivity contribution is 5.92. The Morgan fingerprint density at radius 2 is 1.95 bits per heavy atom. The molecule has 0 fully saturated rings. The zero-order chi connectivity index (χ0) is 14.1. The predicted octanol–water partition coefficient (Wildman–Crippen LogP) is 1.51. The molecule has 19 heavy (non-hydrogen) atoms. The minimum absolute atomic E-state index is 0.00222. The van der Waals surface area contributed by atoms with Crippen LogP contribution in [0.5, 0.6) is 5.75 Å². The van der Waals surface area contributed by atoms with Gasteiger partial charge in [-0.05, 0) is 31.3 Å². The summed E-state index contributed by atoms with van der Waals surface area (Å²) in [5, 5.41) is 5.84. The standard InChI is InChI=1S/C14H22N2O3/c1-11(10-15-2)14(17)16-12-4-6-13(7-5-12)19-9-8-18-3/h4-7,11,15H,8-10H2,1-3H3,(H,16,17). The van der Waals surface area contributed by atoms with Gasteiger partial charge in [-0.3, -0.25) is 4.79 Å². The molecule has 1 amide bonds. The highest BCUT2D eigenvalue weighted by Crippen LogP contribution is 2.16. The summed E-state index contributed by atoms with van der Waals surface area (Å²) in [4.78, 5) is 11.8. The van der Waals surface area contributed by atoms with Crippen molar-refractivity contribution in [2.45, 2.75) is 6.92 Å². The summed E-state index contributed by atoms with van der Waals surface area (Å²) in [6.45, 7) is 3.61. The van der Waals surface area contributed by atoms with Gasteiger partial charge in [0, 0.05) is 25.3 Å². The molecular weight excluding hydrogens is 244 g/mol. The Balaban J connectivity index is 2.45. The van der Waals surface area contributed by atoms with Crippen molar-refractivity contribution in [2.75, 3.05) is 39.2 Å². The van der Waals surface area contributed by atoms with Gasteiger partial charge in [-0.15, -0.1) is 0 Å². The van der Waals surface area contributed by atoms with Crippen LogP contribution in [0.25, 0.3) is 0 Å². The van der Waals surface area contributed by atoms with Crippen LogP contribution in [0.15, 0.2) is 24.3 Å². The highest BCUT2D eigenvalue weighted by atomic mass is 16.5. The molecule has 0 saturated heterocycles. The van der Waals surface area contributed by atoms with Crippen LogP contribution in [0.4, 0.5) is 5.69 Å². The van der Waals surface area contributed by atoms with E-state index < -0.39 is 0 Å². The molecule has 1 aromatic rings. The molecule has 1 aromatic carbocycles. The van der Waals surface area contributed by atoms with E-state index >= 15 is 0 Å². The average molecular weight is 266 g/mol. The molecule has 0 aromatic heterocycles. The summed E-state index contributed by atoms with van der Waals surface area (Å²) in [7, 11) is 3.46. The normalized spacial score (nSPS) is 11.9. The van der Waals surface area contributed by atoms with Crippen LogP contribution >= 0.6 is 0 Å². The van der Waals surface area contributed by atoms with Crippen molar-refractivity contribution in [3.05, 3.63) is 24.3 Å². The maximum Gasteiger partial charge on any atom is 0.228 e. The van der Waals surface area contributed by atoms with E-state index in [1.165, 1.54) is 0 Å². The molecule has 0 bridgehead atoms. The predicted molar refractivity (Wildman–Crippen MR) is 75.5 cm³/mol. The molecule has 1 unspecified atom stereocenters. The molecular formula is C14H22N2O3. The van der Waals surface area contributed by atoms with Crippen LogP contribution < -0.4 is 15.4 Å². The van der Waals surface area contributed by atoms with Crippen molar-refractivity contribution in [3.63, 3.8) is 0 Å². The maximum atomic E-state index is 11.8. The van der Waals surface area contributed by atoms with Crippen LogP contribution in [0, 0.1) is 5.92 Å². The number of ether oxygens (including phenoxy) is 2. The third-order valence-electron chi connectivity index (χ3n) is 2.64. The van der Waals surface area contributed by atoms with Crippen LogP contribution in [-0.4, -0.2) is 39.8 Å². The van der Waals surface area contributed by atoms with Gasteiger partial charge in [0.1, 0.15) is 12.4 Å². The number of methoxy groups -OCH3 is 1. The van der Waals surface area contributed by atoms with Gasteiger partial charge in [0.25, 0.3) is 0 Å². The molecule has 0 aliphatic rings. The lowest BCUT2D eigenvalue weighted by Crippen LogP contribution is -2.28. The van der Waals surface area contributed by atoms with E-state index in [-0.39, 0.29) is 11.8 Å². The summed E-state index contributed by atoms with van der Waals surface area (Å²) in [6.07, 6.45) is 0. The lowest BCUT2D eigenvalue weighted by atomic mass is 10.1. The van der Waals surface area contributed by atoms with Crippen molar-refractivity contribution < 1.29 is 14.3 Å². The van der Waals surface area contributed by atoms with E-state index in [1.54, 1.807) is 7.11 Å². The molecule has 106 valence electrons. The summed E-state index contributed by atoms with van der Waals surface area (Å²) < 4.78 is 10.3. The van der Waals surface area contributed by atoms with Crippen LogP contribution in [-0.2, 0) is 9.53 Å². The van der Waals surface area contributed by atoms with Crippen molar-refractivity contribution in [1.29, 1.82) is 0 Å². The SMILES string of the molecule is CNCC(C)C(=O)Nc1ccc(OCCOC)cc1. The monoisotopic (exact) mass is 266 g/mol. The Bertz CT molecular complexity index is 379. The summed E-state index contributed by atoms with van der Waals surface area (Å²) >= 11 is 0. The van der Waals surface area contributed by atoms with E-state index in [4.69, 9.17) is 9.47 Å². The Kier molecular flexibility index (Phi) is 6.92. The van der Waals surface area contributed by atoms with Crippen LogP contribution in [0.2, 0.25) is 0 Å². The first-order chi connectivity index (χ1) is 9.17. The zero-order valence-corrected chi connectivity index (χ0v) is 11.7. The summed E-state index contributed by atoms with van der Waals surface area (Å²) in [6, 6.07) is 7.31. The molecule has 0 radical (unpaired) electrons. The van der Waals surface area contributed by atoms with Gasteiger partial charge in [-0.2, -0.15) is 0 Å². The van der Waals surface area contributed by atoms with E-state index in [9.17, 15) is 4.79 Å². The van der Waals surface area contributed by atoms with E-state index in [1.807, 2.05) is 38.2 Å². The zero-order valence-electron chi connectivity index (χ0n) is 11.7. The largest absolute Gasteiger partial charge is 0.491 e. The highest BCUT2D eigenvalue weighted by Gasteiger charge is 2.11. The van der Waals surface area contributed by atoms with E-state index in [0.29, 0.717) is 19.8 Å². The van der Waals surface area contributed by atoms with Gasteiger partial charge in [-0.25, -0.2) is 0 Å². The first-order valence-corrected chi connectivity index (χ1v) is 6.34. The second-order valence-electron chi connectivity index (χ2n) is 4.31. The van der Waals surface area contributed by atoms with Crippen molar-refractivity contribution in [3.8, 4) is 5.75 Å². The number of benzene rings is 1. The molecule has 2 N–H and O–H groups in total. The fraction of sp³-hybridized carbons (Fsp3) is 0.500. The van der Waals surface area contributed by atoms with Gasteiger partial charge in [-0.1, -0.05) is 6.92 Å². The molecule has 1 rings (SSSR count). The van der Waals surface area contributed by atoms with Crippen LogP contribution in [0.3, 0.4) is 0 Å². The van der Waals surface area contributed by atoms with Crippen molar-refractivity contribution >= 4 is 11.6 Å². The minimum atomic E-state index is -0.0670. The topological polar surface area (TPSA) is 59.6 Å². The molecule has 0 aliphatic heterocycles. The fourth-order valence-corrected chi connectivity index (χ4v) is 1.54. The first-order valence-electron chi connectivity index (χ1n) is 6.34. The van der Waals surface area contributed by atoms with Crippen molar-refractivity contribution in [1.82, 2.24) is 5.32 Å². The second kappa shape index (κ2) is 8.50. The first kappa shape index (κ1) is 15.5. The number of amides is 1. The third kappa shape index (κ3) is 5.72. The number of rotatable bonds is 8. The molecule has 0 aliphatic carbocycles. The number of carbonyl (C=O) groups excluding carboxylic acids is 1. The van der Waals surface area contributed by atoms with Gasteiger partial charge in [0.15, 0.2) is 0 Å². The Labute approximate surface area is 114 Å². The number of anilines is 1. The van der Waals surface area contributed by atoms with E-state index in [2.05, 4.69) is 10.6 Å². The lowest BCUT2D eigenvalue weighted by molar-refractivity contribution is -0.119. The smallest absolute Gasteiger partial charge is 0.228 e. The second-order valence-corrected chi connectivity index (χ2v) is 4.31. The van der Waals surface area contributed by atoms with E-state index in [0.717, 1.165) is 11.4 Å². The van der Waals surface area contributed by atoms with Gasteiger partial charge >= 0.3 is 0 Å². The molecule has 0 heterocycles. The third-order valence-corrected chi connectivity index (χ3v) is 2.64. The molecule has 0 spiro atoms. The number of nitrogens with one attached hydrogen (secondary N) is 2. The lowest BCUT2D eigenvalue weighted by Gasteiger charge is -2.12. The van der Waals surface area contributed by atoms with Gasteiger partial charge in [0.2, 0.25) is 5.91 Å². The Morgan fingerprint density at radius 3 is 2.53 bits per heavy atom. The minimum Gasteiger partial charge on any atom is -0.491 e. The van der Waals surface area contributed by atoms with Gasteiger partial charge in [0.05, 0.1) is 6.61 Å². The maximum absolute atomic E-state index is 11.8. The number of hydrogen-bond donors (Lipinski definition) is 2. The summed E-state index contributed by atoms with van der Waals surface area (Å²) in [5.41, 5.74) is 0.770. The Morgan fingerprint density at radius 1 is 1.26 bits per heavy atom. The molecule has 5 heteroatoms. The molecule has 5 nitrogen and oxygen atoms in total. The average Bonchev–Trinajstić information content (AvgIpc) is 2.41. The van der Waals surface area contributed by atoms with Gasteiger partial charge < -0.3 is 20.1 Å².